The number of anilines is 2. The van der Waals surface area contributed by atoms with E-state index in [9.17, 15) is 33.8 Å². The summed E-state index contributed by atoms with van der Waals surface area (Å²) < 4.78 is 31.3. The zero-order chi connectivity index (χ0) is 18.1. The fraction of sp³-hybridized carbons (Fsp3) is 0. The number of hydrogen-bond acceptors (Lipinski definition) is 8. The van der Waals surface area contributed by atoms with Gasteiger partial charge in [-0.15, -0.1) is 0 Å². The number of benzene rings is 2. The second-order valence-electron chi connectivity index (χ2n) is 4.50. The van der Waals surface area contributed by atoms with E-state index in [1.54, 1.807) is 0 Å². The number of nitro benzene ring substituents is 2. The number of aromatic hydroxyl groups is 1. The summed E-state index contributed by atoms with van der Waals surface area (Å²) in [5.74, 6) is -0.707. The average Bonchev–Trinajstić information content (AvgIpc) is 2.48. The molecule has 3 N–H and O–H groups in total. The van der Waals surface area contributed by atoms with E-state index >= 15 is 0 Å². The number of non-ortho nitro benzene ring substituents is 1. The van der Waals surface area contributed by atoms with Crippen LogP contribution in [0.5, 0.6) is 5.75 Å². The third kappa shape index (κ3) is 4.87. The topological polar surface area (TPSA) is 173 Å². The van der Waals surface area contributed by atoms with E-state index in [4.69, 9.17) is 4.55 Å². The Bertz CT molecular complexity index is 947. The second-order valence-corrected chi connectivity index (χ2v) is 5.89. The van der Waals surface area contributed by atoms with Crippen LogP contribution in [0, 0.1) is 20.2 Å². The van der Waals surface area contributed by atoms with Gasteiger partial charge in [0.1, 0.15) is 16.3 Å². The minimum Gasteiger partial charge on any atom is -0.506 e. The van der Waals surface area contributed by atoms with Crippen molar-refractivity contribution in [2.24, 2.45) is 0 Å². The number of rotatable bonds is 5. The monoisotopic (exact) mass is 378 g/mol. The fourth-order valence-electron chi connectivity index (χ4n) is 1.84. The molecule has 2 aromatic carbocycles. The van der Waals surface area contributed by atoms with Gasteiger partial charge in [-0.2, -0.15) is 8.42 Å². The van der Waals surface area contributed by atoms with Gasteiger partial charge in [0.25, 0.3) is 21.5 Å². The first kappa shape index (κ1) is 20.8. The summed E-state index contributed by atoms with van der Waals surface area (Å²) in [7, 11) is -4.71. The van der Waals surface area contributed by atoms with Crippen molar-refractivity contribution < 1.29 is 27.9 Å². The molecule has 0 fully saturated rings. The first-order chi connectivity index (χ1) is 11.1. The molecule has 2 rings (SSSR count). The summed E-state index contributed by atoms with van der Waals surface area (Å²) in [5.41, 5.74) is -1.24. The Hall–Kier alpha value is -2.25. The van der Waals surface area contributed by atoms with Crippen molar-refractivity contribution in [3.63, 3.8) is 0 Å². The first-order valence-corrected chi connectivity index (χ1v) is 7.54. The third-order valence-corrected chi connectivity index (χ3v) is 3.79. The maximum absolute atomic E-state index is 11.1. The Balaban J connectivity index is 0.00000312. The Labute approximate surface area is 162 Å². The maximum Gasteiger partial charge on any atom is 0.299 e. The van der Waals surface area contributed by atoms with Gasteiger partial charge in [0.15, 0.2) is 0 Å². The summed E-state index contributed by atoms with van der Waals surface area (Å²) in [5, 5.41) is 33.6. The van der Waals surface area contributed by atoms with Gasteiger partial charge >= 0.3 is 0 Å². The summed E-state index contributed by atoms with van der Waals surface area (Å²) in [4.78, 5) is 19.3. The Morgan fingerprint density at radius 3 is 2.16 bits per heavy atom. The van der Waals surface area contributed by atoms with Crippen molar-refractivity contribution in [1.29, 1.82) is 0 Å². The molecule has 0 unspecified atom stereocenters. The molecule has 0 aliphatic rings. The summed E-state index contributed by atoms with van der Waals surface area (Å²) in [6.45, 7) is 0. The smallest absolute Gasteiger partial charge is 0.299 e. The van der Waals surface area contributed by atoms with Gasteiger partial charge in [-0.25, -0.2) is 0 Å². The molecule has 0 bridgehead atoms. The van der Waals surface area contributed by atoms with Crippen LogP contribution in [0.2, 0.25) is 0 Å². The van der Waals surface area contributed by atoms with Crippen molar-refractivity contribution in [2.45, 2.75) is 4.90 Å². The van der Waals surface area contributed by atoms with Crippen LogP contribution in [-0.4, -0.2) is 57.5 Å². The molecule has 13 heteroatoms. The Kier molecular flexibility index (Phi) is 6.45. The van der Waals surface area contributed by atoms with E-state index in [1.165, 1.54) is 6.07 Å². The minimum atomic E-state index is -4.71. The number of phenolic OH excluding ortho intramolecular Hbond substituents is 1. The molecule has 0 spiro atoms. The molecule has 0 aliphatic carbocycles. The van der Waals surface area contributed by atoms with Crippen LogP contribution in [0.25, 0.3) is 0 Å². The van der Waals surface area contributed by atoms with Gasteiger partial charge in [-0.05, 0) is 24.3 Å². The molecular weight excluding hydrogens is 369 g/mol. The predicted octanol–water partition coefficient (Wildman–Crippen LogP) is 1.82. The van der Waals surface area contributed by atoms with Crippen LogP contribution in [0.4, 0.5) is 22.7 Å². The molecule has 11 nitrogen and oxygen atoms in total. The van der Waals surface area contributed by atoms with Crippen molar-refractivity contribution >= 4 is 62.4 Å². The molecule has 0 saturated carbocycles. The van der Waals surface area contributed by atoms with Crippen LogP contribution in [0.15, 0.2) is 41.3 Å². The number of nitrogens with one attached hydrogen (secondary N) is 1. The van der Waals surface area contributed by atoms with Gasteiger partial charge in [0.05, 0.1) is 15.9 Å². The second kappa shape index (κ2) is 7.76. The van der Waals surface area contributed by atoms with Crippen LogP contribution in [0.1, 0.15) is 0 Å². The first-order valence-electron chi connectivity index (χ1n) is 6.10. The maximum atomic E-state index is 11.1. The third-order valence-electron chi connectivity index (χ3n) is 2.91. The predicted molar refractivity (Wildman–Crippen MR) is 86.7 cm³/mol. The van der Waals surface area contributed by atoms with E-state index in [1.807, 2.05) is 0 Å². The van der Waals surface area contributed by atoms with Gasteiger partial charge in [0, 0.05) is 41.3 Å². The van der Waals surface area contributed by atoms with Crippen LogP contribution >= 0.6 is 0 Å². The van der Waals surface area contributed by atoms with Gasteiger partial charge < -0.3 is 10.4 Å². The summed E-state index contributed by atoms with van der Waals surface area (Å²) in [6.07, 6.45) is 0. The number of nitro groups is 2. The Morgan fingerprint density at radius 1 is 1.00 bits per heavy atom. The zero-order valence-corrected chi connectivity index (χ0v) is 15.4. The zero-order valence-electron chi connectivity index (χ0n) is 12.6. The number of hydrogen-bond donors (Lipinski definition) is 3. The normalized spacial score (nSPS) is 10.6. The van der Waals surface area contributed by atoms with Gasteiger partial charge in [0.2, 0.25) is 0 Å². The standard InChI is InChI=1S/C12H9N3O8S.Na/c16-11-4-1-7(5-12(11)24(21,22)23)13-9-3-2-8(14(17)18)6-10(9)15(19)20;/h1-6,13,16H,(H,21,22,23);. The SMILES string of the molecule is O=[N+]([O-])c1ccc(Nc2ccc(O)c(S(=O)(=O)O)c2)c([N+](=O)[O-])c1.[Na]. The summed E-state index contributed by atoms with van der Waals surface area (Å²) >= 11 is 0. The number of nitrogens with zero attached hydrogens (tertiary/aromatic N) is 2. The molecule has 0 amide bonds. The number of phenols is 1. The average molecular weight is 378 g/mol. The minimum absolute atomic E-state index is 0. The van der Waals surface area contributed by atoms with Crippen molar-refractivity contribution in [3.05, 3.63) is 56.6 Å². The van der Waals surface area contributed by atoms with Gasteiger partial charge in [-0.3, -0.25) is 24.8 Å². The van der Waals surface area contributed by atoms with E-state index in [-0.39, 0.29) is 40.9 Å². The molecule has 25 heavy (non-hydrogen) atoms. The van der Waals surface area contributed by atoms with Crippen LogP contribution < -0.4 is 5.32 Å². The molecule has 1 radical (unpaired) electrons. The fourth-order valence-corrected chi connectivity index (χ4v) is 2.45. The summed E-state index contributed by atoms with van der Waals surface area (Å²) in [6, 6.07) is 5.87. The quantitative estimate of drug-likeness (QED) is 0.230. The van der Waals surface area contributed by atoms with Crippen LogP contribution in [0.3, 0.4) is 0 Å². The van der Waals surface area contributed by atoms with E-state index in [0.717, 1.165) is 30.3 Å². The molecule has 0 aromatic heterocycles. The molecule has 0 aliphatic heterocycles. The molecule has 127 valence electrons. The molecule has 0 heterocycles. The van der Waals surface area contributed by atoms with Crippen molar-refractivity contribution in [3.8, 4) is 5.75 Å². The van der Waals surface area contributed by atoms with E-state index < -0.39 is 42.0 Å². The molecular formula is C12H9N3NaO8S. The van der Waals surface area contributed by atoms with Crippen molar-refractivity contribution in [1.82, 2.24) is 0 Å². The van der Waals surface area contributed by atoms with E-state index in [0.29, 0.717) is 0 Å². The molecule has 2 aromatic rings. The van der Waals surface area contributed by atoms with E-state index in [2.05, 4.69) is 5.32 Å². The Morgan fingerprint density at radius 2 is 1.64 bits per heavy atom. The molecule has 0 atom stereocenters. The van der Waals surface area contributed by atoms with Crippen LogP contribution in [-0.2, 0) is 10.1 Å². The largest absolute Gasteiger partial charge is 0.506 e. The molecule has 0 saturated heterocycles. The van der Waals surface area contributed by atoms with Gasteiger partial charge in [-0.1, -0.05) is 0 Å². The van der Waals surface area contributed by atoms with Crippen molar-refractivity contribution in [2.75, 3.05) is 5.32 Å².